The molecular formula is C34H33N5O4. The van der Waals surface area contributed by atoms with Gasteiger partial charge in [-0.05, 0) is 59.4 Å². The van der Waals surface area contributed by atoms with Gasteiger partial charge in [-0.2, -0.15) is 0 Å². The Morgan fingerprint density at radius 2 is 1.63 bits per heavy atom. The lowest BCUT2D eigenvalue weighted by atomic mass is 9.97. The van der Waals surface area contributed by atoms with E-state index in [1.807, 2.05) is 79.7 Å². The van der Waals surface area contributed by atoms with E-state index in [4.69, 9.17) is 9.47 Å². The quantitative estimate of drug-likeness (QED) is 0.232. The van der Waals surface area contributed by atoms with E-state index in [9.17, 15) is 9.59 Å². The highest BCUT2D eigenvalue weighted by Gasteiger charge is 2.33. The fourth-order valence-electron chi connectivity index (χ4n) is 5.27. The Labute approximate surface area is 250 Å². The molecule has 0 radical (unpaired) electrons. The molecule has 9 nitrogen and oxygen atoms in total. The molecule has 0 unspecified atom stereocenters. The van der Waals surface area contributed by atoms with Gasteiger partial charge in [-0.15, -0.1) is 5.10 Å². The normalized spacial score (nSPS) is 12.8. The van der Waals surface area contributed by atoms with E-state index in [-0.39, 0.29) is 31.7 Å². The van der Waals surface area contributed by atoms with Crippen molar-refractivity contribution in [3.05, 3.63) is 113 Å². The lowest BCUT2D eigenvalue weighted by Crippen LogP contribution is -2.42. The largest absolute Gasteiger partial charge is 0.454 e. The number of rotatable bonds is 9. The Morgan fingerprint density at radius 3 is 2.42 bits per heavy atom. The van der Waals surface area contributed by atoms with E-state index in [2.05, 4.69) is 29.5 Å². The van der Waals surface area contributed by atoms with E-state index in [1.165, 1.54) is 0 Å². The van der Waals surface area contributed by atoms with E-state index >= 15 is 0 Å². The number of ether oxygens (including phenoxy) is 2. The molecule has 4 aromatic carbocycles. The summed E-state index contributed by atoms with van der Waals surface area (Å²) >= 11 is 0. The number of nitrogens with zero attached hydrogens (tertiary/aromatic N) is 4. The van der Waals surface area contributed by atoms with Gasteiger partial charge in [0.2, 0.25) is 12.7 Å². The Hall–Kier alpha value is -5.18. The summed E-state index contributed by atoms with van der Waals surface area (Å²) in [7, 11) is 0. The average Bonchev–Trinajstić information content (AvgIpc) is 3.65. The van der Waals surface area contributed by atoms with Gasteiger partial charge in [0.25, 0.3) is 5.91 Å². The van der Waals surface area contributed by atoms with Crippen LogP contribution in [0.1, 0.15) is 48.1 Å². The highest BCUT2D eigenvalue weighted by atomic mass is 16.7. The Balaban J connectivity index is 1.40. The first kappa shape index (κ1) is 28.0. The lowest BCUT2D eigenvalue weighted by molar-refractivity contribution is -0.140. The van der Waals surface area contributed by atoms with Crippen molar-refractivity contribution < 1.29 is 19.1 Å². The fraction of sp³-hybridized carbons (Fsp3) is 0.235. The summed E-state index contributed by atoms with van der Waals surface area (Å²) in [5.74, 6) is 0.885. The molecule has 1 aliphatic rings. The molecule has 218 valence electrons. The lowest BCUT2D eigenvalue weighted by Gasteiger charge is -2.32. The van der Waals surface area contributed by atoms with E-state index in [0.717, 1.165) is 22.2 Å². The van der Waals surface area contributed by atoms with Gasteiger partial charge in [-0.1, -0.05) is 79.7 Å². The predicted octanol–water partition coefficient (Wildman–Crippen LogP) is 6.00. The van der Waals surface area contributed by atoms with Crippen LogP contribution in [-0.4, -0.2) is 38.5 Å². The second-order valence-corrected chi connectivity index (χ2v) is 11.0. The average molecular weight is 576 g/mol. The Kier molecular flexibility index (Phi) is 7.79. The van der Waals surface area contributed by atoms with Crippen LogP contribution in [0.4, 0.5) is 5.69 Å². The highest BCUT2D eigenvalue weighted by molar-refractivity contribution is 5.98. The van der Waals surface area contributed by atoms with E-state index in [1.54, 1.807) is 27.8 Å². The number of aryl methyl sites for hydroxylation is 1. The second-order valence-electron chi connectivity index (χ2n) is 11.0. The van der Waals surface area contributed by atoms with Gasteiger partial charge in [0.1, 0.15) is 18.1 Å². The van der Waals surface area contributed by atoms with Crippen LogP contribution in [0.3, 0.4) is 0 Å². The van der Waals surface area contributed by atoms with Gasteiger partial charge in [0.05, 0.1) is 5.52 Å². The summed E-state index contributed by atoms with van der Waals surface area (Å²) in [5.41, 5.74) is 5.80. The number of amides is 2. The van der Waals surface area contributed by atoms with Crippen LogP contribution >= 0.6 is 0 Å². The minimum absolute atomic E-state index is 0.0791. The van der Waals surface area contributed by atoms with Gasteiger partial charge < -0.3 is 19.7 Å². The summed E-state index contributed by atoms with van der Waals surface area (Å²) < 4.78 is 12.5. The van der Waals surface area contributed by atoms with Crippen molar-refractivity contribution >= 4 is 28.5 Å². The topological polar surface area (TPSA) is 98.6 Å². The number of para-hydroxylation sites is 1. The minimum atomic E-state index is -0.937. The van der Waals surface area contributed by atoms with Crippen molar-refractivity contribution in [2.75, 3.05) is 12.1 Å². The molecule has 2 heterocycles. The number of aromatic nitrogens is 3. The molecule has 5 aromatic rings. The number of nitrogens with one attached hydrogen (secondary N) is 1. The van der Waals surface area contributed by atoms with Crippen LogP contribution in [0.25, 0.3) is 11.0 Å². The third-order valence-corrected chi connectivity index (χ3v) is 7.75. The fourth-order valence-corrected chi connectivity index (χ4v) is 5.27. The van der Waals surface area contributed by atoms with Crippen LogP contribution in [0, 0.1) is 6.92 Å². The molecule has 0 saturated carbocycles. The first-order valence-corrected chi connectivity index (χ1v) is 14.3. The Bertz CT molecular complexity index is 1780. The molecule has 0 saturated heterocycles. The molecule has 0 aliphatic carbocycles. The van der Waals surface area contributed by atoms with Crippen LogP contribution in [-0.2, 0) is 22.7 Å². The molecule has 2 amide bonds. The Morgan fingerprint density at radius 1 is 0.907 bits per heavy atom. The third kappa shape index (κ3) is 5.92. The molecule has 0 bridgehead atoms. The summed E-state index contributed by atoms with van der Waals surface area (Å²) in [6.45, 7) is 6.52. The third-order valence-electron chi connectivity index (χ3n) is 7.75. The number of fused-ring (bicyclic) bond motifs is 2. The summed E-state index contributed by atoms with van der Waals surface area (Å²) in [4.78, 5) is 30.2. The van der Waals surface area contributed by atoms with Crippen LogP contribution < -0.4 is 14.8 Å². The molecular weight excluding hydrogens is 542 g/mol. The number of carbonyl (C=O) groups excluding carboxylic acids is 2. The highest BCUT2D eigenvalue weighted by Crippen LogP contribution is 2.35. The zero-order valence-corrected chi connectivity index (χ0v) is 24.4. The zero-order valence-electron chi connectivity index (χ0n) is 24.4. The molecule has 6 rings (SSSR count). The van der Waals surface area contributed by atoms with Gasteiger partial charge in [0.15, 0.2) is 11.5 Å². The molecule has 0 spiro atoms. The molecule has 43 heavy (non-hydrogen) atoms. The van der Waals surface area contributed by atoms with Gasteiger partial charge in [-0.25, -0.2) is 4.68 Å². The maximum atomic E-state index is 14.3. The first-order chi connectivity index (χ1) is 20.9. The number of benzene rings is 4. The van der Waals surface area contributed by atoms with Crippen molar-refractivity contribution in [2.45, 2.75) is 45.8 Å². The van der Waals surface area contributed by atoms with Gasteiger partial charge in [0, 0.05) is 18.3 Å². The van der Waals surface area contributed by atoms with Gasteiger partial charge in [-0.3, -0.25) is 9.59 Å². The molecule has 1 N–H and O–H groups in total. The number of anilines is 1. The van der Waals surface area contributed by atoms with E-state index < -0.39 is 6.04 Å². The molecule has 1 aromatic heterocycles. The smallest absolute Gasteiger partial charge is 0.251 e. The number of hydrogen-bond acceptors (Lipinski definition) is 6. The standard InChI is InChI=1S/C34H33N5O4/c1-22(2)24-12-14-25(15-13-24)33(34(41)35-27-16-17-30-31(18-27)43-21-42-30)38(19-26-9-5-4-8-23(26)3)32(40)20-39-29-11-7-6-10-28(29)36-37-39/h4-18,22,33H,19-21H2,1-3H3,(H,35,41)/t33-/m1/s1. The van der Waals surface area contributed by atoms with Crippen LogP contribution in [0.5, 0.6) is 11.5 Å². The molecule has 1 atom stereocenters. The maximum Gasteiger partial charge on any atom is 0.251 e. The van der Waals surface area contributed by atoms with Crippen molar-refractivity contribution in [3.63, 3.8) is 0 Å². The predicted molar refractivity (Wildman–Crippen MR) is 164 cm³/mol. The monoisotopic (exact) mass is 575 g/mol. The minimum Gasteiger partial charge on any atom is -0.454 e. The molecule has 9 heteroatoms. The second kappa shape index (κ2) is 12.0. The maximum absolute atomic E-state index is 14.3. The van der Waals surface area contributed by atoms with Crippen molar-refractivity contribution in [1.29, 1.82) is 0 Å². The first-order valence-electron chi connectivity index (χ1n) is 14.3. The van der Waals surface area contributed by atoms with Crippen LogP contribution in [0.15, 0.2) is 91.0 Å². The summed E-state index contributed by atoms with van der Waals surface area (Å²) in [6, 6.07) is 27.6. The molecule has 1 aliphatic heterocycles. The number of hydrogen-bond donors (Lipinski definition) is 1. The molecule has 0 fully saturated rings. The SMILES string of the molecule is Cc1ccccc1CN(C(=O)Cn1nnc2ccccc21)[C@@H](C(=O)Nc1ccc2c(c1)OCO2)c1ccc(C(C)C)cc1. The summed E-state index contributed by atoms with van der Waals surface area (Å²) in [5, 5.41) is 11.5. The van der Waals surface area contributed by atoms with E-state index in [0.29, 0.717) is 34.2 Å². The van der Waals surface area contributed by atoms with Crippen molar-refractivity contribution in [1.82, 2.24) is 19.9 Å². The van der Waals surface area contributed by atoms with Gasteiger partial charge >= 0.3 is 0 Å². The van der Waals surface area contributed by atoms with Crippen LogP contribution in [0.2, 0.25) is 0 Å². The number of carbonyl (C=O) groups is 2. The summed E-state index contributed by atoms with van der Waals surface area (Å²) in [6.07, 6.45) is 0. The van der Waals surface area contributed by atoms with Crippen molar-refractivity contribution in [2.24, 2.45) is 0 Å². The zero-order chi connectivity index (χ0) is 29.9. The van der Waals surface area contributed by atoms with Crippen molar-refractivity contribution in [3.8, 4) is 11.5 Å².